The zero-order chi connectivity index (χ0) is 14.0. The highest BCUT2D eigenvalue weighted by Gasteiger charge is 2.19. The molecular weight excluding hydrogens is 252 g/mol. The molecule has 0 radical (unpaired) electrons. The molecule has 1 aromatic heterocycles. The molecule has 2 rings (SSSR count). The highest BCUT2D eigenvalue weighted by Crippen LogP contribution is 2.31. The summed E-state index contributed by atoms with van der Waals surface area (Å²) >= 11 is 1.74. The topological polar surface area (TPSA) is 36.7 Å². The molecule has 0 bridgehead atoms. The van der Waals surface area contributed by atoms with E-state index in [0.29, 0.717) is 5.92 Å². The first-order valence-corrected chi connectivity index (χ1v) is 7.23. The predicted octanol–water partition coefficient (Wildman–Crippen LogP) is 4.73. The van der Waals surface area contributed by atoms with Crippen molar-refractivity contribution in [3.63, 3.8) is 0 Å². The van der Waals surface area contributed by atoms with E-state index in [9.17, 15) is 0 Å². The average Bonchev–Trinajstić information content (AvgIpc) is 2.88. The van der Waals surface area contributed by atoms with Crippen LogP contribution >= 0.6 is 11.3 Å². The summed E-state index contributed by atoms with van der Waals surface area (Å²) in [5.74, 6) is 0.468. The van der Waals surface area contributed by atoms with E-state index in [2.05, 4.69) is 37.0 Å². The van der Waals surface area contributed by atoms with Gasteiger partial charge in [-0.15, -0.1) is 11.3 Å². The predicted molar refractivity (Wildman–Crippen MR) is 80.3 cm³/mol. The van der Waals surface area contributed by atoms with Gasteiger partial charge >= 0.3 is 0 Å². The number of aromatic nitrogens is 1. The van der Waals surface area contributed by atoms with Crippen molar-refractivity contribution in [2.75, 3.05) is 0 Å². The molecule has 0 fully saturated rings. The number of nitrogens with zero attached hydrogens (tertiary/aromatic N) is 2. The number of benzene rings is 1. The molecule has 0 atom stereocenters. The lowest BCUT2D eigenvalue weighted by Gasteiger charge is -2.15. The first kappa shape index (κ1) is 13.8. The highest BCUT2D eigenvalue weighted by molar-refractivity contribution is 7.15. The lowest BCUT2D eigenvalue weighted by molar-refractivity contribution is 0.687. The van der Waals surface area contributed by atoms with Crippen molar-refractivity contribution in [3.05, 3.63) is 41.0 Å². The van der Waals surface area contributed by atoms with Crippen molar-refractivity contribution in [1.29, 1.82) is 5.26 Å². The zero-order valence-corrected chi connectivity index (χ0v) is 12.6. The number of nitriles is 1. The third kappa shape index (κ3) is 2.85. The third-order valence-electron chi connectivity index (χ3n) is 3.19. The van der Waals surface area contributed by atoms with Crippen molar-refractivity contribution < 1.29 is 0 Å². The molecule has 0 aliphatic rings. The van der Waals surface area contributed by atoms with Crippen molar-refractivity contribution in [2.45, 2.75) is 39.0 Å². The largest absolute Gasteiger partial charge is 0.249 e. The van der Waals surface area contributed by atoms with Crippen LogP contribution in [0.3, 0.4) is 0 Å². The van der Waals surface area contributed by atoms with Gasteiger partial charge in [0.1, 0.15) is 0 Å². The molecule has 0 amide bonds. The molecule has 1 aromatic carbocycles. The molecule has 2 aromatic rings. The summed E-state index contributed by atoms with van der Waals surface area (Å²) in [5.41, 5.74) is 1.78. The minimum atomic E-state index is -0.435. The van der Waals surface area contributed by atoms with Crippen LogP contribution in [0.25, 0.3) is 10.4 Å². The van der Waals surface area contributed by atoms with Gasteiger partial charge in [-0.1, -0.05) is 38.1 Å². The summed E-state index contributed by atoms with van der Waals surface area (Å²) in [7, 11) is 0. The van der Waals surface area contributed by atoms with Crippen molar-refractivity contribution in [3.8, 4) is 16.5 Å². The Morgan fingerprint density at radius 2 is 1.84 bits per heavy atom. The average molecular weight is 270 g/mol. The molecule has 3 heteroatoms. The van der Waals surface area contributed by atoms with Crippen molar-refractivity contribution >= 4 is 11.3 Å². The maximum atomic E-state index is 9.14. The number of rotatable bonds is 3. The maximum Gasteiger partial charge on any atom is 0.0956 e. The Hall–Kier alpha value is -1.66. The quantitative estimate of drug-likeness (QED) is 0.808. The Labute approximate surface area is 118 Å². The fourth-order valence-electron chi connectivity index (χ4n) is 1.80. The van der Waals surface area contributed by atoms with Crippen molar-refractivity contribution in [1.82, 2.24) is 4.98 Å². The molecule has 0 N–H and O–H groups in total. The van der Waals surface area contributed by atoms with Crippen LogP contribution in [0.5, 0.6) is 0 Å². The second kappa shape index (κ2) is 5.14. The lowest BCUT2D eigenvalue weighted by atomic mass is 9.86. The van der Waals surface area contributed by atoms with Crippen LogP contribution in [0.15, 0.2) is 30.5 Å². The summed E-state index contributed by atoms with van der Waals surface area (Å²) in [6.07, 6.45) is 1.93. The second-order valence-corrected chi connectivity index (χ2v) is 6.59. The van der Waals surface area contributed by atoms with E-state index in [1.165, 1.54) is 10.4 Å². The van der Waals surface area contributed by atoms with Crippen LogP contribution in [0.2, 0.25) is 0 Å². The van der Waals surface area contributed by atoms with Crippen LogP contribution in [0.1, 0.15) is 44.2 Å². The first-order valence-electron chi connectivity index (χ1n) is 6.42. The molecule has 0 spiro atoms. The van der Waals surface area contributed by atoms with Crippen LogP contribution in [0.4, 0.5) is 0 Å². The normalized spacial score (nSPS) is 11.6. The van der Waals surface area contributed by atoms with E-state index in [-0.39, 0.29) is 0 Å². The van der Waals surface area contributed by atoms with Crippen LogP contribution in [-0.2, 0) is 5.41 Å². The van der Waals surface area contributed by atoms with E-state index in [1.54, 1.807) is 11.3 Å². The highest BCUT2D eigenvalue weighted by atomic mass is 32.1. The van der Waals surface area contributed by atoms with Gasteiger partial charge in [-0.05, 0) is 25.0 Å². The SMILES string of the molecule is CC(C)c1ncc(-c2ccc(C(C)(C)C#N)cc2)s1. The maximum absolute atomic E-state index is 9.14. The zero-order valence-electron chi connectivity index (χ0n) is 11.8. The second-order valence-electron chi connectivity index (χ2n) is 5.53. The van der Waals surface area contributed by atoms with E-state index in [4.69, 9.17) is 5.26 Å². The standard InChI is InChI=1S/C16H18N2S/c1-11(2)15-18-9-14(19-15)12-5-7-13(8-6-12)16(3,4)10-17/h5-9,11H,1-4H3. The van der Waals surface area contributed by atoms with Gasteiger partial charge in [0.25, 0.3) is 0 Å². The van der Waals surface area contributed by atoms with Gasteiger partial charge in [0.05, 0.1) is 21.4 Å². The Morgan fingerprint density at radius 3 is 2.32 bits per heavy atom. The van der Waals surface area contributed by atoms with Gasteiger partial charge < -0.3 is 0 Å². The first-order chi connectivity index (χ1) is 8.94. The van der Waals surface area contributed by atoms with Crippen molar-refractivity contribution in [2.24, 2.45) is 0 Å². The van der Waals surface area contributed by atoms with E-state index >= 15 is 0 Å². The molecule has 2 nitrogen and oxygen atoms in total. The number of thiazole rings is 1. The summed E-state index contributed by atoms with van der Waals surface area (Å²) < 4.78 is 0. The van der Waals surface area contributed by atoms with E-state index in [1.807, 2.05) is 32.2 Å². The molecular formula is C16H18N2S. The summed E-state index contributed by atoms with van der Waals surface area (Å²) in [5, 5.41) is 10.3. The van der Waals surface area contributed by atoms with Crippen LogP contribution in [-0.4, -0.2) is 4.98 Å². The third-order valence-corrected chi connectivity index (χ3v) is 4.54. The van der Waals surface area contributed by atoms with Gasteiger partial charge in [-0.2, -0.15) is 5.26 Å². The molecule has 98 valence electrons. The van der Waals surface area contributed by atoms with Crippen LogP contribution < -0.4 is 0 Å². The molecule has 0 saturated heterocycles. The monoisotopic (exact) mass is 270 g/mol. The smallest absolute Gasteiger partial charge is 0.0956 e. The lowest BCUT2D eigenvalue weighted by Crippen LogP contribution is -2.13. The summed E-state index contributed by atoms with van der Waals surface area (Å²) in [6.45, 7) is 8.18. The number of hydrogen-bond acceptors (Lipinski definition) is 3. The Bertz CT molecular complexity index is 600. The van der Waals surface area contributed by atoms with Gasteiger partial charge in [0, 0.05) is 12.1 Å². The van der Waals surface area contributed by atoms with Gasteiger partial charge in [0.15, 0.2) is 0 Å². The summed E-state index contributed by atoms with van der Waals surface area (Å²) in [6, 6.07) is 10.5. The fourth-order valence-corrected chi connectivity index (χ4v) is 2.73. The number of hydrogen-bond donors (Lipinski definition) is 0. The van der Waals surface area contributed by atoms with E-state index < -0.39 is 5.41 Å². The Kier molecular flexibility index (Phi) is 3.73. The van der Waals surface area contributed by atoms with Gasteiger partial charge in [-0.25, -0.2) is 4.98 Å². The van der Waals surface area contributed by atoms with Gasteiger partial charge in [-0.3, -0.25) is 0 Å². The molecule has 19 heavy (non-hydrogen) atoms. The minimum absolute atomic E-state index is 0.435. The summed E-state index contributed by atoms with van der Waals surface area (Å²) in [4.78, 5) is 5.63. The van der Waals surface area contributed by atoms with Gasteiger partial charge in [0.2, 0.25) is 0 Å². The Morgan fingerprint density at radius 1 is 1.21 bits per heavy atom. The van der Waals surface area contributed by atoms with Crippen LogP contribution in [0, 0.1) is 11.3 Å². The molecule has 0 saturated carbocycles. The fraction of sp³-hybridized carbons (Fsp3) is 0.375. The molecule has 0 unspecified atom stereocenters. The molecule has 0 aliphatic heterocycles. The Balaban J connectivity index is 2.30. The molecule has 1 heterocycles. The minimum Gasteiger partial charge on any atom is -0.249 e. The molecule has 0 aliphatic carbocycles. The van der Waals surface area contributed by atoms with E-state index in [0.717, 1.165) is 10.6 Å².